The van der Waals surface area contributed by atoms with Crippen molar-refractivity contribution in [3.05, 3.63) is 0 Å². The van der Waals surface area contributed by atoms with Gasteiger partial charge in [-0.25, -0.2) is 0 Å². The van der Waals surface area contributed by atoms with Gasteiger partial charge in [-0.1, -0.05) is 0 Å². The molecule has 1 saturated heterocycles. The second-order valence-electron chi connectivity index (χ2n) is 11.5. The standard InChI is InChI=1S/C27H50N6O11S/c1-22(34)23(6-3-4-7-29(2)8-5-17-45(42,43)44)28-24(35)18-30-9-11-31(19-25(36)37)13-15-33(21-27(40)41)16-14-32(12-10-30)20-26(38)39/h23H,3-21H2,1-2H3,(H,28,35)(H,36,37)(H,38,39)(H,40,41)(H,42,43,44)/t23-/m0/s1. The highest BCUT2D eigenvalue weighted by molar-refractivity contribution is 7.85. The van der Waals surface area contributed by atoms with Gasteiger partial charge in [-0.2, -0.15) is 8.42 Å². The number of hydrogen-bond acceptors (Lipinski definition) is 12. The van der Waals surface area contributed by atoms with Crippen molar-refractivity contribution in [2.45, 2.75) is 38.6 Å². The van der Waals surface area contributed by atoms with Gasteiger partial charge in [0.2, 0.25) is 5.91 Å². The zero-order valence-corrected chi connectivity index (χ0v) is 27.1. The van der Waals surface area contributed by atoms with E-state index < -0.39 is 40.0 Å². The molecule has 0 aromatic rings. The summed E-state index contributed by atoms with van der Waals surface area (Å²) in [6.07, 6.45) is 2.04. The second kappa shape index (κ2) is 21.1. The molecule has 0 radical (unpaired) electrons. The van der Waals surface area contributed by atoms with Crippen LogP contribution in [0.1, 0.15) is 32.6 Å². The molecule has 1 amide bonds. The number of carbonyl (C=O) groups is 5. The smallest absolute Gasteiger partial charge is 0.317 e. The molecule has 0 aromatic heterocycles. The normalized spacial score (nSPS) is 17.7. The van der Waals surface area contributed by atoms with Gasteiger partial charge in [0.05, 0.1) is 38.0 Å². The Morgan fingerprint density at radius 2 is 1.07 bits per heavy atom. The Morgan fingerprint density at radius 3 is 1.42 bits per heavy atom. The summed E-state index contributed by atoms with van der Waals surface area (Å²) in [4.78, 5) is 68.3. The van der Waals surface area contributed by atoms with E-state index in [1.54, 1.807) is 19.6 Å². The molecule has 0 aromatic carbocycles. The van der Waals surface area contributed by atoms with Crippen LogP contribution in [0.2, 0.25) is 0 Å². The minimum Gasteiger partial charge on any atom is -0.480 e. The lowest BCUT2D eigenvalue weighted by Gasteiger charge is -2.33. The van der Waals surface area contributed by atoms with Crippen molar-refractivity contribution >= 4 is 39.7 Å². The Balaban J connectivity index is 2.80. The van der Waals surface area contributed by atoms with Gasteiger partial charge in [0.1, 0.15) is 0 Å². The predicted octanol–water partition coefficient (Wildman–Crippen LogP) is -2.08. The van der Waals surface area contributed by atoms with Gasteiger partial charge in [0.15, 0.2) is 5.78 Å². The summed E-state index contributed by atoms with van der Waals surface area (Å²) >= 11 is 0. The van der Waals surface area contributed by atoms with Crippen LogP contribution in [-0.2, 0) is 34.1 Å². The first-order chi connectivity index (χ1) is 21.0. The first-order valence-electron chi connectivity index (χ1n) is 15.0. The van der Waals surface area contributed by atoms with Crippen molar-refractivity contribution in [2.24, 2.45) is 0 Å². The highest BCUT2D eigenvalue weighted by Crippen LogP contribution is 2.06. The number of rotatable bonds is 19. The summed E-state index contributed by atoms with van der Waals surface area (Å²) in [6.45, 7) is 3.80. The molecule has 1 aliphatic rings. The van der Waals surface area contributed by atoms with Gasteiger partial charge in [-0.3, -0.25) is 48.1 Å². The van der Waals surface area contributed by atoms with Crippen LogP contribution in [0.4, 0.5) is 0 Å². The highest BCUT2D eigenvalue weighted by Gasteiger charge is 2.23. The molecular weight excluding hydrogens is 616 g/mol. The number of amides is 1. The molecule has 5 N–H and O–H groups in total. The summed E-state index contributed by atoms with van der Waals surface area (Å²) < 4.78 is 30.6. The van der Waals surface area contributed by atoms with Gasteiger partial charge in [0.25, 0.3) is 10.1 Å². The fourth-order valence-electron chi connectivity index (χ4n) is 4.96. The molecule has 260 valence electrons. The lowest BCUT2D eigenvalue weighted by molar-refractivity contribution is -0.140. The number of carboxylic acids is 3. The lowest BCUT2D eigenvalue weighted by Crippen LogP contribution is -2.51. The number of nitrogens with one attached hydrogen (secondary N) is 1. The van der Waals surface area contributed by atoms with E-state index in [0.717, 1.165) is 0 Å². The van der Waals surface area contributed by atoms with Crippen LogP contribution < -0.4 is 5.32 Å². The minimum atomic E-state index is -4.00. The Bertz CT molecular complexity index is 1050. The average molecular weight is 667 g/mol. The molecule has 45 heavy (non-hydrogen) atoms. The Morgan fingerprint density at radius 1 is 0.689 bits per heavy atom. The zero-order valence-electron chi connectivity index (χ0n) is 26.3. The van der Waals surface area contributed by atoms with E-state index in [2.05, 4.69) is 5.32 Å². The van der Waals surface area contributed by atoms with E-state index in [9.17, 15) is 47.7 Å². The van der Waals surface area contributed by atoms with Crippen molar-refractivity contribution in [1.29, 1.82) is 0 Å². The molecule has 1 aliphatic heterocycles. The maximum atomic E-state index is 13.0. The van der Waals surface area contributed by atoms with Gasteiger partial charge in [-0.15, -0.1) is 0 Å². The third-order valence-corrected chi connectivity index (χ3v) is 8.23. The number of carboxylic acid groups (broad SMARTS) is 3. The maximum Gasteiger partial charge on any atom is 0.317 e. The Labute approximate surface area is 264 Å². The zero-order chi connectivity index (χ0) is 34.0. The number of Topliss-reactive ketones (excluding diaryl/α,β-unsaturated/α-hetero) is 1. The summed E-state index contributed by atoms with van der Waals surface area (Å²) in [7, 11) is -2.17. The third kappa shape index (κ3) is 20.8. The van der Waals surface area contributed by atoms with Crippen molar-refractivity contribution in [2.75, 3.05) is 104 Å². The number of ketones is 1. The average Bonchev–Trinajstić information content (AvgIpc) is 2.90. The minimum absolute atomic E-state index is 0.0900. The Hall–Kier alpha value is -2.74. The van der Waals surface area contributed by atoms with Crippen LogP contribution in [-0.4, -0.2) is 193 Å². The molecule has 0 aliphatic carbocycles. The summed E-state index contributed by atoms with van der Waals surface area (Å²) in [5.74, 6) is -4.04. The number of unbranched alkanes of at least 4 members (excludes halogenated alkanes) is 1. The van der Waals surface area contributed by atoms with Gasteiger partial charge in [0, 0.05) is 52.4 Å². The van der Waals surface area contributed by atoms with Crippen molar-refractivity contribution < 1.29 is 52.3 Å². The quantitative estimate of drug-likeness (QED) is 0.0736. The number of carbonyl (C=O) groups excluding carboxylic acids is 2. The number of nitrogens with zero attached hydrogens (tertiary/aromatic N) is 5. The van der Waals surface area contributed by atoms with E-state index in [1.807, 2.05) is 11.9 Å². The predicted molar refractivity (Wildman–Crippen MR) is 164 cm³/mol. The van der Waals surface area contributed by atoms with Crippen LogP contribution >= 0.6 is 0 Å². The monoisotopic (exact) mass is 666 g/mol. The van der Waals surface area contributed by atoms with Crippen LogP contribution in [0.3, 0.4) is 0 Å². The molecule has 0 unspecified atom stereocenters. The van der Waals surface area contributed by atoms with Gasteiger partial charge in [-0.05, 0) is 52.7 Å². The fourth-order valence-corrected chi connectivity index (χ4v) is 5.46. The van der Waals surface area contributed by atoms with E-state index in [1.165, 1.54) is 6.92 Å². The molecule has 0 bridgehead atoms. The van der Waals surface area contributed by atoms with Crippen LogP contribution in [0.15, 0.2) is 0 Å². The SMILES string of the molecule is CC(=O)[C@H](CCCCN(C)CCCS(=O)(=O)O)NC(=O)CN1CCN(CC(=O)O)CCN(CC(=O)O)CCN(CC(=O)O)CC1. The summed E-state index contributed by atoms with van der Waals surface area (Å²) in [5, 5.41) is 30.8. The second-order valence-corrected chi connectivity index (χ2v) is 13.0. The van der Waals surface area contributed by atoms with E-state index in [-0.39, 0.29) is 90.1 Å². The molecule has 17 nitrogen and oxygen atoms in total. The molecule has 0 spiro atoms. The third-order valence-electron chi connectivity index (χ3n) is 7.42. The Kier molecular flexibility index (Phi) is 18.9. The molecular formula is C27H50N6O11S. The molecule has 1 fully saturated rings. The van der Waals surface area contributed by atoms with Crippen LogP contribution in [0.5, 0.6) is 0 Å². The van der Waals surface area contributed by atoms with Gasteiger partial charge < -0.3 is 25.5 Å². The number of hydrogen-bond donors (Lipinski definition) is 5. The molecule has 18 heteroatoms. The first-order valence-corrected chi connectivity index (χ1v) is 16.6. The first kappa shape index (κ1) is 40.3. The maximum absolute atomic E-state index is 13.0. The van der Waals surface area contributed by atoms with Crippen molar-refractivity contribution in [3.8, 4) is 0 Å². The van der Waals surface area contributed by atoms with E-state index in [0.29, 0.717) is 38.8 Å². The summed E-state index contributed by atoms with van der Waals surface area (Å²) in [5.41, 5.74) is 0. The van der Waals surface area contributed by atoms with Crippen LogP contribution in [0, 0.1) is 0 Å². The molecule has 0 saturated carbocycles. The van der Waals surface area contributed by atoms with Crippen molar-refractivity contribution in [1.82, 2.24) is 29.8 Å². The van der Waals surface area contributed by atoms with Gasteiger partial charge >= 0.3 is 17.9 Å². The van der Waals surface area contributed by atoms with Crippen molar-refractivity contribution in [3.63, 3.8) is 0 Å². The molecule has 1 heterocycles. The van der Waals surface area contributed by atoms with Crippen LogP contribution in [0.25, 0.3) is 0 Å². The highest BCUT2D eigenvalue weighted by atomic mass is 32.2. The molecule has 1 atom stereocenters. The fraction of sp³-hybridized carbons (Fsp3) is 0.815. The van der Waals surface area contributed by atoms with E-state index >= 15 is 0 Å². The lowest BCUT2D eigenvalue weighted by atomic mass is 10.1. The number of aliphatic carboxylic acids is 3. The van der Waals surface area contributed by atoms with E-state index in [4.69, 9.17) is 4.55 Å². The topological polar surface area (TPSA) is 229 Å². The largest absolute Gasteiger partial charge is 0.480 e. The summed E-state index contributed by atoms with van der Waals surface area (Å²) in [6, 6.07) is -0.706. The molecule has 1 rings (SSSR count).